The SMILES string of the molecule is CCc1ccc(CCC(=O)Nc2ccc(Br)nc2)cc1. The molecular formula is C16H17BrN2O. The molecule has 1 aromatic heterocycles. The summed E-state index contributed by atoms with van der Waals surface area (Å²) in [5.41, 5.74) is 3.23. The van der Waals surface area contributed by atoms with Gasteiger partial charge in [-0.05, 0) is 52.0 Å². The summed E-state index contributed by atoms with van der Waals surface area (Å²) >= 11 is 3.26. The molecule has 1 heterocycles. The fourth-order valence-corrected chi connectivity index (χ4v) is 2.11. The lowest BCUT2D eigenvalue weighted by Gasteiger charge is -2.05. The topological polar surface area (TPSA) is 42.0 Å². The molecule has 0 aliphatic rings. The molecule has 0 unspecified atom stereocenters. The molecule has 0 spiro atoms. The Labute approximate surface area is 127 Å². The molecule has 1 amide bonds. The summed E-state index contributed by atoms with van der Waals surface area (Å²) in [6, 6.07) is 12.0. The van der Waals surface area contributed by atoms with Gasteiger partial charge in [-0.3, -0.25) is 4.79 Å². The van der Waals surface area contributed by atoms with Crippen LogP contribution < -0.4 is 5.32 Å². The third-order valence-electron chi connectivity index (χ3n) is 3.08. The molecule has 4 heteroatoms. The number of amides is 1. The molecule has 104 valence electrons. The molecule has 0 aliphatic carbocycles. The Hall–Kier alpha value is -1.68. The predicted molar refractivity (Wildman–Crippen MR) is 84.7 cm³/mol. The third kappa shape index (κ3) is 4.46. The van der Waals surface area contributed by atoms with Crippen LogP contribution in [0.3, 0.4) is 0 Å². The first kappa shape index (κ1) is 14.7. The van der Waals surface area contributed by atoms with Crippen LogP contribution in [0.5, 0.6) is 0 Å². The van der Waals surface area contributed by atoms with Crippen LogP contribution in [0.2, 0.25) is 0 Å². The average molecular weight is 333 g/mol. The van der Waals surface area contributed by atoms with E-state index in [1.54, 1.807) is 12.3 Å². The zero-order valence-electron chi connectivity index (χ0n) is 11.4. The highest BCUT2D eigenvalue weighted by Gasteiger charge is 2.03. The van der Waals surface area contributed by atoms with E-state index in [-0.39, 0.29) is 5.91 Å². The number of aryl methyl sites for hydroxylation is 2. The number of anilines is 1. The summed E-state index contributed by atoms with van der Waals surface area (Å²) in [4.78, 5) is 15.9. The maximum absolute atomic E-state index is 11.8. The third-order valence-corrected chi connectivity index (χ3v) is 3.55. The van der Waals surface area contributed by atoms with Crippen molar-refractivity contribution in [1.29, 1.82) is 0 Å². The van der Waals surface area contributed by atoms with Crippen LogP contribution in [-0.2, 0) is 17.6 Å². The molecule has 0 saturated carbocycles. The minimum absolute atomic E-state index is 0.00805. The van der Waals surface area contributed by atoms with Crippen LogP contribution in [0.15, 0.2) is 47.2 Å². The van der Waals surface area contributed by atoms with Gasteiger partial charge in [-0.1, -0.05) is 31.2 Å². The number of halogens is 1. The fourth-order valence-electron chi connectivity index (χ4n) is 1.87. The van der Waals surface area contributed by atoms with E-state index in [9.17, 15) is 4.79 Å². The molecule has 0 saturated heterocycles. The summed E-state index contributed by atoms with van der Waals surface area (Å²) in [6.07, 6.45) is 3.90. The number of benzene rings is 1. The van der Waals surface area contributed by atoms with Gasteiger partial charge >= 0.3 is 0 Å². The largest absolute Gasteiger partial charge is 0.325 e. The molecule has 2 rings (SSSR count). The van der Waals surface area contributed by atoms with Crippen molar-refractivity contribution in [2.24, 2.45) is 0 Å². The van der Waals surface area contributed by atoms with Crippen molar-refractivity contribution >= 4 is 27.5 Å². The predicted octanol–water partition coefficient (Wildman–Crippen LogP) is 3.98. The average Bonchev–Trinajstić information content (AvgIpc) is 2.48. The van der Waals surface area contributed by atoms with Crippen LogP contribution in [-0.4, -0.2) is 10.9 Å². The molecule has 0 aliphatic heterocycles. The Morgan fingerprint density at radius 2 is 1.85 bits per heavy atom. The van der Waals surface area contributed by atoms with Crippen molar-refractivity contribution in [2.45, 2.75) is 26.2 Å². The number of aromatic nitrogens is 1. The van der Waals surface area contributed by atoms with Gasteiger partial charge in [-0.2, -0.15) is 0 Å². The number of hydrogen-bond donors (Lipinski definition) is 1. The first-order valence-electron chi connectivity index (χ1n) is 6.66. The highest BCUT2D eigenvalue weighted by Crippen LogP contribution is 2.12. The van der Waals surface area contributed by atoms with Gasteiger partial charge in [0.25, 0.3) is 0 Å². The molecular weight excluding hydrogens is 316 g/mol. The van der Waals surface area contributed by atoms with Gasteiger partial charge in [0.05, 0.1) is 11.9 Å². The van der Waals surface area contributed by atoms with Gasteiger partial charge in [0, 0.05) is 6.42 Å². The maximum Gasteiger partial charge on any atom is 0.224 e. The minimum atomic E-state index is 0.00805. The standard InChI is InChI=1S/C16H17BrN2O/c1-2-12-3-5-13(6-4-12)7-10-16(20)19-14-8-9-15(17)18-11-14/h3-6,8-9,11H,2,7,10H2,1H3,(H,19,20). The Morgan fingerprint density at radius 1 is 1.15 bits per heavy atom. The van der Waals surface area contributed by atoms with Gasteiger partial charge in [-0.25, -0.2) is 4.98 Å². The highest BCUT2D eigenvalue weighted by molar-refractivity contribution is 9.10. The summed E-state index contributed by atoms with van der Waals surface area (Å²) in [5, 5.41) is 2.84. The fraction of sp³-hybridized carbons (Fsp3) is 0.250. The number of rotatable bonds is 5. The molecule has 0 radical (unpaired) electrons. The van der Waals surface area contributed by atoms with E-state index >= 15 is 0 Å². The Balaban J connectivity index is 1.83. The van der Waals surface area contributed by atoms with E-state index in [2.05, 4.69) is 57.4 Å². The Morgan fingerprint density at radius 3 is 2.45 bits per heavy atom. The Bertz CT molecular complexity index is 564. The first-order valence-corrected chi connectivity index (χ1v) is 7.46. The first-order chi connectivity index (χ1) is 9.67. The second-order valence-electron chi connectivity index (χ2n) is 4.59. The summed E-state index contributed by atoms with van der Waals surface area (Å²) < 4.78 is 0.756. The molecule has 2 aromatic rings. The number of hydrogen-bond acceptors (Lipinski definition) is 2. The lowest BCUT2D eigenvalue weighted by Crippen LogP contribution is -2.12. The van der Waals surface area contributed by atoms with E-state index in [0.29, 0.717) is 6.42 Å². The number of carbonyl (C=O) groups excluding carboxylic acids is 1. The van der Waals surface area contributed by atoms with Gasteiger partial charge < -0.3 is 5.32 Å². The van der Waals surface area contributed by atoms with Crippen LogP contribution in [0.25, 0.3) is 0 Å². The smallest absolute Gasteiger partial charge is 0.224 e. The van der Waals surface area contributed by atoms with E-state index in [0.717, 1.165) is 23.1 Å². The van der Waals surface area contributed by atoms with Crippen molar-refractivity contribution in [2.75, 3.05) is 5.32 Å². The quantitative estimate of drug-likeness (QED) is 0.841. The van der Waals surface area contributed by atoms with Gasteiger partial charge in [-0.15, -0.1) is 0 Å². The minimum Gasteiger partial charge on any atom is -0.325 e. The van der Waals surface area contributed by atoms with E-state index in [1.807, 2.05) is 6.07 Å². The summed E-state index contributed by atoms with van der Waals surface area (Å²) in [6.45, 7) is 2.13. The Kier molecular flexibility index (Phi) is 5.30. The van der Waals surface area contributed by atoms with Crippen LogP contribution >= 0.6 is 15.9 Å². The highest BCUT2D eigenvalue weighted by atomic mass is 79.9. The maximum atomic E-state index is 11.8. The van der Waals surface area contributed by atoms with E-state index in [4.69, 9.17) is 0 Å². The second-order valence-corrected chi connectivity index (χ2v) is 5.40. The van der Waals surface area contributed by atoms with Crippen molar-refractivity contribution in [3.63, 3.8) is 0 Å². The van der Waals surface area contributed by atoms with Crippen molar-refractivity contribution < 1.29 is 4.79 Å². The monoisotopic (exact) mass is 332 g/mol. The van der Waals surface area contributed by atoms with Gasteiger partial charge in [0.1, 0.15) is 4.60 Å². The van der Waals surface area contributed by atoms with Gasteiger partial charge in [0.2, 0.25) is 5.91 Å². The number of nitrogens with one attached hydrogen (secondary N) is 1. The van der Waals surface area contributed by atoms with E-state index in [1.165, 1.54) is 11.1 Å². The van der Waals surface area contributed by atoms with Crippen LogP contribution in [0, 0.1) is 0 Å². The second kappa shape index (κ2) is 7.20. The van der Waals surface area contributed by atoms with E-state index < -0.39 is 0 Å². The lowest BCUT2D eigenvalue weighted by atomic mass is 10.1. The van der Waals surface area contributed by atoms with Crippen molar-refractivity contribution in [1.82, 2.24) is 4.98 Å². The van der Waals surface area contributed by atoms with Crippen molar-refractivity contribution in [3.8, 4) is 0 Å². The molecule has 0 atom stereocenters. The molecule has 3 nitrogen and oxygen atoms in total. The number of pyridine rings is 1. The zero-order chi connectivity index (χ0) is 14.4. The van der Waals surface area contributed by atoms with Crippen LogP contribution in [0.1, 0.15) is 24.5 Å². The summed E-state index contributed by atoms with van der Waals surface area (Å²) in [5.74, 6) is 0.00805. The number of carbonyl (C=O) groups is 1. The molecule has 20 heavy (non-hydrogen) atoms. The summed E-state index contributed by atoms with van der Waals surface area (Å²) in [7, 11) is 0. The molecule has 0 fully saturated rings. The normalized spacial score (nSPS) is 10.3. The zero-order valence-corrected chi connectivity index (χ0v) is 13.0. The lowest BCUT2D eigenvalue weighted by molar-refractivity contribution is -0.116. The van der Waals surface area contributed by atoms with Crippen molar-refractivity contribution in [3.05, 3.63) is 58.3 Å². The molecule has 1 N–H and O–H groups in total. The number of nitrogens with zero attached hydrogens (tertiary/aromatic N) is 1. The molecule has 1 aromatic carbocycles. The molecule has 0 bridgehead atoms. The van der Waals surface area contributed by atoms with Crippen LogP contribution in [0.4, 0.5) is 5.69 Å². The van der Waals surface area contributed by atoms with Gasteiger partial charge in [0.15, 0.2) is 0 Å².